The first-order valence-corrected chi connectivity index (χ1v) is 2.90. The van der Waals surface area contributed by atoms with E-state index in [0.717, 1.165) is 12.4 Å². The summed E-state index contributed by atoms with van der Waals surface area (Å²) in [7, 11) is 0. The Hall–Kier alpha value is -1.49. The maximum Gasteiger partial charge on any atom is 0.357 e. The summed E-state index contributed by atoms with van der Waals surface area (Å²) in [4.78, 5) is 27.4. The van der Waals surface area contributed by atoms with Crippen molar-refractivity contribution in [1.29, 1.82) is 0 Å². The Morgan fingerprint density at radius 2 is 1.31 bits per heavy atom. The molecule has 0 aliphatic carbocycles. The Morgan fingerprint density at radius 3 is 1.54 bits per heavy atom. The molecule has 2 N–H and O–H groups in total. The average molecular weight is 227 g/mol. The van der Waals surface area contributed by atoms with E-state index in [4.69, 9.17) is 10.2 Å². The molecule has 1 rings (SSSR count). The third kappa shape index (κ3) is 2.48. The van der Waals surface area contributed by atoms with E-state index in [2.05, 4.69) is 9.97 Å². The zero-order chi connectivity index (χ0) is 9.14. The van der Waals surface area contributed by atoms with E-state index in [9.17, 15) is 9.59 Å². The number of hydrogen-bond donors (Lipinski definition) is 2. The number of carboxylic acids is 2. The minimum absolute atomic E-state index is 0. The third-order valence-electron chi connectivity index (χ3n) is 1.10. The second kappa shape index (κ2) is 4.52. The van der Waals surface area contributed by atoms with Gasteiger partial charge in [0.2, 0.25) is 0 Å². The van der Waals surface area contributed by atoms with Gasteiger partial charge in [-0.1, -0.05) is 0 Å². The van der Waals surface area contributed by atoms with Crippen LogP contribution in [0.25, 0.3) is 0 Å². The SMILES string of the molecule is O=C(O)c1nccnc1C(=O)O.[Ni]. The quantitative estimate of drug-likeness (QED) is 0.682. The van der Waals surface area contributed by atoms with Crippen LogP contribution in [0.1, 0.15) is 21.0 Å². The number of aromatic carboxylic acids is 2. The van der Waals surface area contributed by atoms with Gasteiger partial charge in [0.25, 0.3) is 0 Å². The van der Waals surface area contributed by atoms with Crippen molar-refractivity contribution in [3.8, 4) is 0 Å². The summed E-state index contributed by atoms with van der Waals surface area (Å²) in [5.41, 5.74) is -1.10. The van der Waals surface area contributed by atoms with Gasteiger partial charge in [-0.3, -0.25) is 0 Å². The Balaban J connectivity index is 0.00000144. The zero-order valence-electron chi connectivity index (χ0n) is 6.08. The zero-order valence-corrected chi connectivity index (χ0v) is 7.06. The molecule has 0 bridgehead atoms. The van der Waals surface area contributed by atoms with Gasteiger partial charge in [-0.15, -0.1) is 0 Å². The number of rotatable bonds is 2. The largest absolute Gasteiger partial charge is 0.476 e. The summed E-state index contributed by atoms with van der Waals surface area (Å²) >= 11 is 0. The molecule has 0 spiro atoms. The molecule has 0 saturated heterocycles. The van der Waals surface area contributed by atoms with E-state index in [1.807, 2.05) is 0 Å². The van der Waals surface area contributed by atoms with Gasteiger partial charge >= 0.3 is 11.9 Å². The molecule has 1 aromatic heterocycles. The molecular formula is C6H4N2NiO4. The standard InChI is InChI=1S/C6H4N2O4.Ni/c9-5(10)3-4(6(11)12)8-2-1-7-3;/h1-2H,(H,9,10)(H,11,12);. The second-order valence-corrected chi connectivity index (χ2v) is 1.86. The molecule has 0 fully saturated rings. The number of hydrogen-bond acceptors (Lipinski definition) is 4. The summed E-state index contributed by atoms with van der Waals surface area (Å²) in [6.07, 6.45) is 2.24. The van der Waals surface area contributed by atoms with Crippen molar-refractivity contribution in [3.63, 3.8) is 0 Å². The first-order chi connectivity index (χ1) is 5.63. The van der Waals surface area contributed by atoms with Gasteiger partial charge in [0.1, 0.15) is 0 Å². The Morgan fingerprint density at radius 1 is 1.00 bits per heavy atom. The molecule has 72 valence electrons. The van der Waals surface area contributed by atoms with Crippen LogP contribution in [0.4, 0.5) is 0 Å². The topological polar surface area (TPSA) is 100 Å². The minimum atomic E-state index is -1.40. The Kier molecular flexibility index (Phi) is 4.00. The van der Waals surface area contributed by atoms with Gasteiger partial charge in [-0.05, 0) is 0 Å². The summed E-state index contributed by atoms with van der Waals surface area (Å²) in [5, 5.41) is 16.9. The van der Waals surface area contributed by atoms with Crippen molar-refractivity contribution in [2.75, 3.05) is 0 Å². The first kappa shape index (κ1) is 11.5. The first-order valence-electron chi connectivity index (χ1n) is 2.90. The normalized spacial score (nSPS) is 8.62. The fraction of sp³-hybridized carbons (Fsp3) is 0. The number of aromatic nitrogens is 2. The average Bonchev–Trinajstić information content (AvgIpc) is 2.04. The molecule has 0 aliphatic rings. The number of nitrogens with zero attached hydrogens (tertiary/aromatic N) is 2. The van der Waals surface area contributed by atoms with Crippen molar-refractivity contribution < 1.29 is 36.3 Å². The molecule has 0 radical (unpaired) electrons. The molecule has 0 amide bonds. The smallest absolute Gasteiger partial charge is 0.357 e. The number of carboxylic acid groups (broad SMARTS) is 2. The molecule has 0 aliphatic heterocycles. The van der Waals surface area contributed by atoms with Crippen LogP contribution < -0.4 is 0 Å². The monoisotopic (exact) mass is 226 g/mol. The van der Waals surface area contributed by atoms with Crippen LogP contribution in [0.2, 0.25) is 0 Å². The molecule has 0 atom stereocenters. The maximum atomic E-state index is 10.4. The van der Waals surface area contributed by atoms with E-state index >= 15 is 0 Å². The number of carbonyl (C=O) groups is 2. The van der Waals surface area contributed by atoms with E-state index < -0.39 is 23.3 Å². The van der Waals surface area contributed by atoms with Gasteiger partial charge in [-0.25, -0.2) is 19.6 Å². The van der Waals surface area contributed by atoms with E-state index in [-0.39, 0.29) is 16.5 Å². The molecule has 0 unspecified atom stereocenters. The van der Waals surface area contributed by atoms with Crippen molar-refractivity contribution in [2.24, 2.45) is 0 Å². The van der Waals surface area contributed by atoms with Crippen LogP contribution in [0.3, 0.4) is 0 Å². The van der Waals surface area contributed by atoms with Gasteiger partial charge in [0, 0.05) is 28.9 Å². The van der Waals surface area contributed by atoms with Crippen LogP contribution in [0.15, 0.2) is 12.4 Å². The fourth-order valence-corrected chi connectivity index (χ4v) is 0.651. The van der Waals surface area contributed by atoms with E-state index in [1.165, 1.54) is 0 Å². The molecule has 13 heavy (non-hydrogen) atoms. The van der Waals surface area contributed by atoms with Crippen molar-refractivity contribution in [2.45, 2.75) is 0 Å². The van der Waals surface area contributed by atoms with Crippen LogP contribution in [-0.2, 0) is 16.5 Å². The second-order valence-electron chi connectivity index (χ2n) is 1.86. The Labute approximate surface area is 82.6 Å². The fourth-order valence-electron chi connectivity index (χ4n) is 0.651. The van der Waals surface area contributed by atoms with Gasteiger partial charge < -0.3 is 10.2 Å². The predicted molar refractivity (Wildman–Crippen MR) is 36.0 cm³/mol. The van der Waals surface area contributed by atoms with Crippen LogP contribution >= 0.6 is 0 Å². The van der Waals surface area contributed by atoms with Crippen molar-refractivity contribution >= 4 is 11.9 Å². The van der Waals surface area contributed by atoms with Crippen molar-refractivity contribution in [1.82, 2.24) is 9.97 Å². The molecule has 0 aromatic carbocycles. The summed E-state index contributed by atoms with van der Waals surface area (Å²) in [5.74, 6) is -2.80. The maximum absolute atomic E-state index is 10.4. The predicted octanol–water partition coefficient (Wildman–Crippen LogP) is -0.130. The molecule has 1 aromatic rings. The molecule has 7 heteroatoms. The van der Waals surface area contributed by atoms with Gasteiger partial charge in [0.15, 0.2) is 11.4 Å². The van der Waals surface area contributed by atoms with Gasteiger partial charge in [-0.2, -0.15) is 0 Å². The molecule has 1 heterocycles. The Bertz CT molecular complexity index is 308. The van der Waals surface area contributed by atoms with Crippen LogP contribution in [0, 0.1) is 0 Å². The van der Waals surface area contributed by atoms with Crippen LogP contribution in [0.5, 0.6) is 0 Å². The molecule has 6 nitrogen and oxygen atoms in total. The molecular weight excluding hydrogens is 223 g/mol. The minimum Gasteiger partial charge on any atom is -0.476 e. The molecule has 0 saturated carbocycles. The van der Waals surface area contributed by atoms with Crippen molar-refractivity contribution in [3.05, 3.63) is 23.8 Å². The van der Waals surface area contributed by atoms with Gasteiger partial charge in [0.05, 0.1) is 0 Å². The summed E-state index contributed by atoms with van der Waals surface area (Å²) in [6.45, 7) is 0. The summed E-state index contributed by atoms with van der Waals surface area (Å²) < 4.78 is 0. The summed E-state index contributed by atoms with van der Waals surface area (Å²) in [6, 6.07) is 0. The third-order valence-corrected chi connectivity index (χ3v) is 1.10. The van der Waals surface area contributed by atoms with E-state index in [0.29, 0.717) is 0 Å². The van der Waals surface area contributed by atoms with Crippen LogP contribution in [-0.4, -0.2) is 32.1 Å². The van der Waals surface area contributed by atoms with E-state index in [1.54, 1.807) is 0 Å².